The van der Waals surface area contributed by atoms with Gasteiger partial charge in [-0.15, -0.1) is 0 Å². The van der Waals surface area contributed by atoms with Gasteiger partial charge in [-0.2, -0.15) is 0 Å². The van der Waals surface area contributed by atoms with E-state index in [-0.39, 0.29) is 11.9 Å². The predicted molar refractivity (Wildman–Crippen MR) is 77.7 cm³/mol. The molecule has 106 valence electrons. The zero-order valence-electron chi connectivity index (χ0n) is 12.1. The zero-order chi connectivity index (χ0) is 14.5. The fourth-order valence-electron chi connectivity index (χ4n) is 2.09. The van der Waals surface area contributed by atoms with E-state index in [1.807, 2.05) is 0 Å². The Bertz CT molecular complexity index is 563. The number of imidazole rings is 1. The Hall–Kier alpha value is -2.17. The van der Waals surface area contributed by atoms with Gasteiger partial charge in [-0.3, -0.25) is 9.36 Å². The molecule has 0 fully saturated rings. The lowest BCUT2D eigenvalue weighted by molar-refractivity contribution is 0.0924. The number of hydrogen-bond acceptors (Lipinski definition) is 3. The number of aromatic nitrogens is 3. The molecule has 0 saturated carbocycles. The van der Waals surface area contributed by atoms with Crippen molar-refractivity contribution >= 4 is 5.91 Å². The van der Waals surface area contributed by atoms with E-state index in [0.29, 0.717) is 17.3 Å². The normalized spacial score (nSPS) is 12.4. The zero-order valence-corrected chi connectivity index (χ0v) is 12.1. The maximum atomic E-state index is 12.3. The molecular weight excluding hydrogens is 252 g/mol. The fraction of sp³-hybridized carbons (Fsp3) is 0.400. The van der Waals surface area contributed by atoms with Crippen LogP contribution in [0.25, 0.3) is 5.82 Å². The van der Waals surface area contributed by atoms with Crippen LogP contribution in [0.1, 0.15) is 37.6 Å². The maximum absolute atomic E-state index is 12.3. The number of nitrogens with one attached hydrogen (secondary N) is 1. The van der Waals surface area contributed by atoms with Gasteiger partial charge in [0.05, 0.1) is 0 Å². The van der Waals surface area contributed by atoms with E-state index in [4.69, 9.17) is 0 Å². The van der Waals surface area contributed by atoms with Gasteiger partial charge >= 0.3 is 0 Å². The summed E-state index contributed by atoms with van der Waals surface area (Å²) in [6.07, 6.45) is 7.70. The van der Waals surface area contributed by atoms with Crippen LogP contribution in [-0.2, 0) is 0 Å². The van der Waals surface area contributed by atoms with E-state index in [0.717, 1.165) is 6.42 Å². The van der Waals surface area contributed by atoms with Gasteiger partial charge in [0.15, 0.2) is 0 Å². The molecule has 0 aliphatic heterocycles. The minimum Gasteiger partial charge on any atom is -0.349 e. The molecule has 0 aromatic carbocycles. The molecular formula is C15H20N4O. The third-order valence-corrected chi connectivity index (χ3v) is 3.34. The van der Waals surface area contributed by atoms with E-state index in [1.54, 1.807) is 41.6 Å². The number of carbonyl (C=O) groups is 1. The molecule has 2 heterocycles. The van der Waals surface area contributed by atoms with Crippen molar-refractivity contribution in [3.63, 3.8) is 0 Å². The van der Waals surface area contributed by atoms with Crippen molar-refractivity contribution in [3.8, 4) is 5.82 Å². The molecule has 2 aromatic heterocycles. The molecule has 5 nitrogen and oxygen atoms in total. The third-order valence-electron chi connectivity index (χ3n) is 3.34. The Morgan fingerprint density at radius 3 is 2.80 bits per heavy atom. The Morgan fingerprint density at radius 2 is 2.20 bits per heavy atom. The van der Waals surface area contributed by atoms with Crippen LogP contribution in [0.2, 0.25) is 0 Å². The number of nitrogens with zero attached hydrogens (tertiary/aromatic N) is 3. The molecule has 0 saturated heterocycles. The molecule has 0 unspecified atom stereocenters. The van der Waals surface area contributed by atoms with Crippen molar-refractivity contribution in [2.45, 2.75) is 33.2 Å². The molecule has 0 spiro atoms. The molecule has 1 amide bonds. The average Bonchev–Trinajstić information content (AvgIpc) is 2.98. The van der Waals surface area contributed by atoms with Crippen LogP contribution in [0, 0.1) is 5.92 Å². The monoisotopic (exact) mass is 272 g/mol. The number of rotatable bonds is 5. The number of pyridine rings is 1. The molecule has 1 atom stereocenters. The van der Waals surface area contributed by atoms with Crippen LogP contribution in [0.3, 0.4) is 0 Å². The first-order chi connectivity index (χ1) is 9.61. The molecule has 0 radical (unpaired) electrons. The summed E-state index contributed by atoms with van der Waals surface area (Å²) in [7, 11) is 0. The van der Waals surface area contributed by atoms with Crippen molar-refractivity contribution in [1.29, 1.82) is 0 Å². The van der Waals surface area contributed by atoms with Crippen LogP contribution in [0.15, 0.2) is 37.1 Å². The highest BCUT2D eigenvalue weighted by molar-refractivity contribution is 5.94. The van der Waals surface area contributed by atoms with Crippen molar-refractivity contribution in [3.05, 3.63) is 42.6 Å². The smallest absolute Gasteiger partial charge is 0.251 e. The maximum Gasteiger partial charge on any atom is 0.251 e. The van der Waals surface area contributed by atoms with E-state index in [1.165, 1.54) is 0 Å². The van der Waals surface area contributed by atoms with Crippen molar-refractivity contribution in [2.24, 2.45) is 5.92 Å². The second-order valence-electron chi connectivity index (χ2n) is 5.10. The van der Waals surface area contributed by atoms with Crippen LogP contribution in [-0.4, -0.2) is 26.5 Å². The first-order valence-corrected chi connectivity index (χ1v) is 6.87. The standard InChI is InChI=1S/C15H20N4O/c1-4-13(11(2)3)18-15(20)12-5-6-17-14(9-12)19-8-7-16-10-19/h5-11,13H,4H2,1-3H3,(H,18,20)/t13-/m1/s1. The number of amides is 1. The molecule has 0 bridgehead atoms. The summed E-state index contributed by atoms with van der Waals surface area (Å²) in [4.78, 5) is 20.5. The summed E-state index contributed by atoms with van der Waals surface area (Å²) in [6, 6.07) is 3.68. The molecule has 2 rings (SSSR count). The minimum absolute atomic E-state index is 0.0608. The van der Waals surface area contributed by atoms with E-state index >= 15 is 0 Å². The van der Waals surface area contributed by atoms with Gasteiger partial charge in [0.25, 0.3) is 5.91 Å². The molecule has 2 aromatic rings. The average molecular weight is 272 g/mol. The summed E-state index contributed by atoms with van der Waals surface area (Å²) in [6.45, 7) is 6.30. The van der Waals surface area contributed by atoms with Gasteiger partial charge in [0.1, 0.15) is 12.1 Å². The highest BCUT2D eigenvalue weighted by atomic mass is 16.1. The summed E-state index contributed by atoms with van der Waals surface area (Å²) in [5, 5.41) is 3.06. The Morgan fingerprint density at radius 1 is 1.40 bits per heavy atom. The topological polar surface area (TPSA) is 59.8 Å². The second-order valence-corrected chi connectivity index (χ2v) is 5.10. The van der Waals surface area contributed by atoms with Gasteiger partial charge in [0.2, 0.25) is 0 Å². The van der Waals surface area contributed by atoms with Crippen molar-refractivity contribution in [2.75, 3.05) is 0 Å². The van der Waals surface area contributed by atoms with E-state index < -0.39 is 0 Å². The number of hydrogen-bond donors (Lipinski definition) is 1. The molecule has 0 aliphatic carbocycles. The summed E-state index contributed by atoms with van der Waals surface area (Å²) >= 11 is 0. The Balaban J connectivity index is 2.17. The van der Waals surface area contributed by atoms with Crippen LogP contribution < -0.4 is 5.32 Å². The van der Waals surface area contributed by atoms with Crippen LogP contribution in [0.4, 0.5) is 0 Å². The molecule has 0 aliphatic rings. The number of carbonyl (C=O) groups excluding carboxylic acids is 1. The second kappa shape index (κ2) is 6.32. The molecule has 20 heavy (non-hydrogen) atoms. The van der Waals surface area contributed by atoms with Gasteiger partial charge in [-0.05, 0) is 24.5 Å². The Kier molecular flexibility index (Phi) is 4.50. The molecule has 1 N–H and O–H groups in total. The van der Waals surface area contributed by atoms with Crippen molar-refractivity contribution in [1.82, 2.24) is 19.9 Å². The molecule has 5 heteroatoms. The highest BCUT2D eigenvalue weighted by Gasteiger charge is 2.15. The SMILES string of the molecule is CC[C@@H](NC(=O)c1ccnc(-n2ccnc2)c1)C(C)C. The summed E-state index contributed by atoms with van der Waals surface area (Å²) in [5.74, 6) is 1.04. The Labute approximate surface area is 119 Å². The lowest BCUT2D eigenvalue weighted by Gasteiger charge is -2.20. The van der Waals surface area contributed by atoms with Gasteiger partial charge in [-0.25, -0.2) is 9.97 Å². The van der Waals surface area contributed by atoms with Crippen LogP contribution in [0.5, 0.6) is 0 Å². The predicted octanol–water partition coefficient (Wildman–Crippen LogP) is 2.43. The van der Waals surface area contributed by atoms with Gasteiger partial charge in [0, 0.05) is 30.2 Å². The first kappa shape index (κ1) is 14.2. The minimum atomic E-state index is -0.0608. The van der Waals surface area contributed by atoms with E-state index in [2.05, 4.69) is 36.1 Å². The quantitative estimate of drug-likeness (QED) is 0.909. The lowest BCUT2D eigenvalue weighted by atomic mass is 10.0. The lowest BCUT2D eigenvalue weighted by Crippen LogP contribution is -2.38. The van der Waals surface area contributed by atoms with Gasteiger partial charge in [-0.1, -0.05) is 20.8 Å². The first-order valence-electron chi connectivity index (χ1n) is 6.87. The largest absolute Gasteiger partial charge is 0.349 e. The van der Waals surface area contributed by atoms with Crippen LogP contribution >= 0.6 is 0 Å². The van der Waals surface area contributed by atoms with E-state index in [9.17, 15) is 4.79 Å². The van der Waals surface area contributed by atoms with Crippen molar-refractivity contribution < 1.29 is 4.79 Å². The summed E-state index contributed by atoms with van der Waals surface area (Å²) in [5.41, 5.74) is 0.614. The van der Waals surface area contributed by atoms with Gasteiger partial charge < -0.3 is 5.32 Å². The fourth-order valence-corrected chi connectivity index (χ4v) is 2.09. The summed E-state index contributed by atoms with van der Waals surface area (Å²) < 4.78 is 1.77. The third kappa shape index (κ3) is 3.23. The highest BCUT2D eigenvalue weighted by Crippen LogP contribution is 2.10.